The molecular formula is C21H22F2N2O4. The summed E-state index contributed by atoms with van der Waals surface area (Å²) in [5.41, 5.74) is -1.90. The van der Waals surface area contributed by atoms with Crippen molar-refractivity contribution in [1.82, 2.24) is 10.2 Å². The van der Waals surface area contributed by atoms with Crippen molar-refractivity contribution < 1.29 is 27.8 Å². The van der Waals surface area contributed by atoms with E-state index in [0.29, 0.717) is 12.4 Å². The number of nitrogens with zero attached hydrogens (tertiary/aromatic N) is 1. The molecule has 29 heavy (non-hydrogen) atoms. The minimum atomic E-state index is -1.68. The molecule has 1 N–H and O–H groups in total. The van der Waals surface area contributed by atoms with Gasteiger partial charge in [-0.1, -0.05) is 6.92 Å². The van der Waals surface area contributed by atoms with Gasteiger partial charge in [0.15, 0.2) is 0 Å². The Kier molecular flexibility index (Phi) is 6.00. The Morgan fingerprint density at radius 2 is 1.62 bits per heavy atom. The van der Waals surface area contributed by atoms with Gasteiger partial charge in [-0.2, -0.15) is 0 Å². The van der Waals surface area contributed by atoms with Gasteiger partial charge < -0.3 is 14.8 Å². The molecular weight excluding hydrogens is 382 g/mol. The van der Waals surface area contributed by atoms with Crippen LogP contribution in [-0.4, -0.2) is 36.6 Å². The lowest BCUT2D eigenvalue weighted by molar-refractivity contribution is -0.131. The normalized spacial score (nSPS) is 18.7. The monoisotopic (exact) mass is 404 g/mol. The summed E-state index contributed by atoms with van der Waals surface area (Å²) in [4.78, 5) is 26.0. The Balaban J connectivity index is 1.62. The molecule has 1 atom stereocenters. The highest BCUT2D eigenvalue weighted by Crippen LogP contribution is 2.31. The molecule has 0 spiro atoms. The summed E-state index contributed by atoms with van der Waals surface area (Å²) in [5, 5.41) is 2.45. The fraction of sp³-hybridized carbons (Fsp3) is 0.333. The second-order valence-corrected chi connectivity index (χ2v) is 6.80. The zero-order valence-electron chi connectivity index (χ0n) is 16.2. The van der Waals surface area contributed by atoms with E-state index in [-0.39, 0.29) is 18.7 Å². The highest BCUT2D eigenvalue weighted by atomic mass is 19.1. The van der Waals surface area contributed by atoms with Gasteiger partial charge in [0.1, 0.15) is 35.3 Å². The van der Waals surface area contributed by atoms with E-state index in [1.54, 1.807) is 24.3 Å². The molecule has 0 aliphatic carbocycles. The number of imide groups is 1. The highest BCUT2D eigenvalue weighted by Gasteiger charge is 2.50. The Morgan fingerprint density at radius 3 is 2.24 bits per heavy atom. The Hall–Kier alpha value is -3.16. The van der Waals surface area contributed by atoms with Gasteiger partial charge in [-0.05, 0) is 55.8 Å². The molecule has 3 amide bonds. The van der Waals surface area contributed by atoms with E-state index in [1.165, 1.54) is 6.92 Å². The zero-order valence-corrected chi connectivity index (χ0v) is 16.2. The molecule has 3 rings (SSSR count). The third-order valence-corrected chi connectivity index (χ3v) is 4.62. The van der Waals surface area contributed by atoms with Gasteiger partial charge in [0, 0.05) is 5.56 Å². The van der Waals surface area contributed by atoms with Crippen molar-refractivity contribution in [3.8, 4) is 11.5 Å². The van der Waals surface area contributed by atoms with Crippen molar-refractivity contribution in [2.24, 2.45) is 0 Å². The molecule has 6 nitrogen and oxygen atoms in total. The van der Waals surface area contributed by atoms with E-state index in [1.807, 2.05) is 6.92 Å². The maximum Gasteiger partial charge on any atom is 0.325 e. The topological polar surface area (TPSA) is 67.9 Å². The Labute approximate surface area is 167 Å². The summed E-state index contributed by atoms with van der Waals surface area (Å²) >= 11 is 0. The summed E-state index contributed by atoms with van der Waals surface area (Å²) < 4.78 is 38.8. The van der Waals surface area contributed by atoms with E-state index in [4.69, 9.17) is 9.47 Å². The molecule has 8 heteroatoms. The van der Waals surface area contributed by atoms with Crippen LogP contribution in [-0.2, 0) is 10.3 Å². The summed E-state index contributed by atoms with van der Waals surface area (Å²) in [6, 6.07) is 9.09. The number of ether oxygens (including phenoxy) is 2. The van der Waals surface area contributed by atoms with Crippen LogP contribution in [0.2, 0.25) is 0 Å². The minimum absolute atomic E-state index is 0.0364. The second-order valence-electron chi connectivity index (χ2n) is 6.80. The van der Waals surface area contributed by atoms with Gasteiger partial charge in [-0.15, -0.1) is 0 Å². The van der Waals surface area contributed by atoms with E-state index in [0.717, 1.165) is 35.3 Å². The number of rotatable bonds is 8. The van der Waals surface area contributed by atoms with Crippen LogP contribution in [0.5, 0.6) is 11.5 Å². The number of benzene rings is 2. The van der Waals surface area contributed by atoms with Gasteiger partial charge in [0.2, 0.25) is 0 Å². The molecule has 1 fully saturated rings. The number of hydrogen-bond acceptors (Lipinski definition) is 4. The third-order valence-electron chi connectivity index (χ3n) is 4.62. The van der Waals surface area contributed by atoms with Crippen molar-refractivity contribution in [2.45, 2.75) is 25.8 Å². The molecule has 0 bridgehead atoms. The summed E-state index contributed by atoms with van der Waals surface area (Å²) in [6.45, 7) is 4.00. The summed E-state index contributed by atoms with van der Waals surface area (Å²) in [7, 11) is 0. The van der Waals surface area contributed by atoms with Crippen molar-refractivity contribution in [3.05, 3.63) is 59.7 Å². The van der Waals surface area contributed by atoms with Crippen molar-refractivity contribution in [2.75, 3.05) is 19.8 Å². The third kappa shape index (κ3) is 4.31. The predicted molar refractivity (Wildman–Crippen MR) is 102 cm³/mol. The number of nitrogens with one attached hydrogen (secondary N) is 1. The van der Waals surface area contributed by atoms with Gasteiger partial charge in [-0.25, -0.2) is 13.6 Å². The van der Waals surface area contributed by atoms with Gasteiger partial charge >= 0.3 is 6.03 Å². The summed E-state index contributed by atoms with van der Waals surface area (Å²) in [5.74, 6) is -0.858. The molecule has 154 valence electrons. The first-order valence-electron chi connectivity index (χ1n) is 9.30. The molecule has 1 saturated heterocycles. The van der Waals surface area contributed by atoms with Crippen LogP contribution in [0.1, 0.15) is 25.8 Å². The average Bonchev–Trinajstić information content (AvgIpc) is 2.93. The van der Waals surface area contributed by atoms with Crippen LogP contribution in [0.15, 0.2) is 42.5 Å². The SMILES string of the molecule is CCCOc1ccc(OCCN2C(=O)NC(C)(c3cc(F)ccc3F)C2=O)cc1. The maximum atomic E-state index is 14.2. The number of carbonyl (C=O) groups excluding carboxylic acids is 2. The smallest absolute Gasteiger partial charge is 0.325 e. The van der Waals surface area contributed by atoms with Crippen LogP contribution in [0.25, 0.3) is 0 Å². The Bertz CT molecular complexity index is 904. The highest BCUT2D eigenvalue weighted by molar-refractivity contribution is 6.07. The van der Waals surface area contributed by atoms with Crippen LogP contribution in [0.3, 0.4) is 0 Å². The van der Waals surface area contributed by atoms with Crippen LogP contribution in [0.4, 0.5) is 13.6 Å². The molecule has 1 aliphatic heterocycles. The predicted octanol–water partition coefficient (Wildman–Crippen LogP) is 3.60. The van der Waals surface area contributed by atoms with Gasteiger partial charge in [-0.3, -0.25) is 9.69 Å². The molecule has 1 heterocycles. The number of halogens is 2. The first kappa shape index (κ1) is 20.6. The average molecular weight is 404 g/mol. The quantitative estimate of drug-likeness (QED) is 0.683. The van der Waals surface area contributed by atoms with Crippen LogP contribution < -0.4 is 14.8 Å². The Morgan fingerprint density at radius 1 is 1.00 bits per heavy atom. The van der Waals surface area contributed by atoms with Crippen molar-refractivity contribution in [3.63, 3.8) is 0 Å². The molecule has 0 aromatic heterocycles. The fourth-order valence-corrected chi connectivity index (χ4v) is 3.07. The first-order chi connectivity index (χ1) is 13.8. The summed E-state index contributed by atoms with van der Waals surface area (Å²) in [6.07, 6.45) is 0.905. The van der Waals surface area contributed by atoms with E-state index in [9.17, 15) is 18.4 Å². The second kappa shape index (κ2) is 8.46. The number of amides is 3. The molecule has 0 saturated carbocycles. The molecule has 1 aliphatic rings. The first-order valence-corrected chi connectivity index (χ1v) is 9.30. The molecule has 0 radical (unpaired) electrons. The zero-order chi connectivity index (χ0) is 21.0. The molecule has 1 unspecified atom stereocenters. The van der Waals surface area contributed by atoms with E-state index < -0.39 is 29.1 Å². The van der Waals surface area contributed by atoms with Crippen LogP contribution >= 0.6 is 0 Å². The lowest BCUT2D eigenvalue weighted by atomic mass is 9.91. The largest absolute Gasteiger partial charge is 0.494 e. The van der Waals surface area contributed by atoms with Gasteiger partial charge in [0.25, 0.3) is 5.91 Å². The lowest BCUT2D eigenvalue weighted by Crippen LogP contribution is -2.42. The number of urea groups is 1. The van der Waals surface area contributed by atoms with Crippen molar-refractivity contribution >= 4 is 11.9 Å². The molecule has 2 aromatic carbocycles. The van der Waals surface area contributed by atoms with Gasteiger partial charge in [0.05, 0.1) is 13.2 Å². The minimum Gasteiger partial charge on any atom is -0.494 e. The number of hydrogen-bond donors (Lipinski definition) is 1. The van der Waals surface area contributed by atoms with E-state index in [2.05, 4.69) is 5.32 Å². The standard InChI is InChI=1S/C21H22F2N2O4/c1-3-11-28-15-5-7-16(8-6-15)29-12-10-25-19(26)21(2,24-20(25)27)17-13-14(22)4-9-18(17)23/h4-9,13H,3,10-12H2,1-2H3,(H,24,27). The van der Waals surface area contributed by atoms with Crippen molar-refractivity contribution in [1.29, 1.82) is 0 Å². The fourth-order valence-electron chi connectivity index (χ4n) is 3.07. The molecule has 2 aromatic rings. The maximum absolute atomic E-state index is 14.2. The van der Waals surface area contributed by atoms with Crippen LogP contribution in [0, 0.1) is 11.6 Å². The lowest BCUT2D eigenvalue weighted by Gasteiger charge is -2.22. The van der Waals surface area contributed by atoms with E-state index >= 15 is 0 Å². The number of carbonyl (C=O) groups is 2.